The summed E-state index contributed by atoms with van der Waals surface area (Å²) in [6.45, 7) is 4.27. The Kier molecular flexibility index (Phi) is 4.78. The van der Waals surface area contributed by atoms with Gasteiger partial charge in [-0.2, -0.15) is 4.39 Å². The lowest BCUT2D eigenvalue weighted by molar-refractivity contribution is -0.387. The van der Waals surface area contributed by atoms with Gasteiger partial charge in [-0.1, -0.05) is 0 Å². The third-order valence-corrected chi connectivity index (χ3v) is 3.30. The van der Waals surface area contributed by atoms with Crippen molar-refractivity contribution in [2.45, 2.75) is 19.4 Å². The van der Waals surface area contributed by atoms with Crippen molar-refractivity contribution in [1.29, 1.82) is 0 Å². The average Bonchev–Trinajstić information content (AvgIpc) is 2.35. The molecule has 0 atom stereocenters. The minimum atomic E-state index is -1.02. The summed E-state index contributed by atoms with van der Waals surface area (Å²) in [5.74, 6) is -1.48. The van der Waals surface area contributed by atoms with Gasteiger partial charge < -0.3 is 10.2 Å². The maximum atomic E-state index is 13.4. The van der Waals surface area contributed by atoms with E-state index in [4.69, 9.17) is 0 Å². The van der Waals surface area contributed by atoms with E-state index in [0.717, 1.165) is 12.1 Å². The van der Waals surface area contributed by atoms with Crippen molar-refractivity contribution in [3.63, 3.8) is 0 Å². The molecule has 0 fully saturated rings. The predicted molar refractivity (Wildman–Crippen MR) is 73.2 cm³/mol. The number of halogens is 1. The summed E-state index contributed by atoms with van der Waals surface area (Å²) >= 11 is 0. The summed E-state index contributed by atoms with van der Waals surface area (Å²) in [6.07, 6.45) is 0. The number of amides is 1. The summed E-state index contributed by atoms with van der Waals surface area (Å²) in [6, 6.07) is 3.09. The van der Waals surface area contributed by atoms with Gasteiger partial charge in [-0.05, 0) is 40.1 Å². The second-order valence-electron chi connectivity index (χ2n) is 5.31. The Bertz CT molecular complexity index is 530. The second kappa shape index (κ2) is 5.96. The van der Waals surface area contributed by atoms with E-state index < -0.39 is 22.3 Å². The molecule has 0 bridgehead atoms. The molecule has 1 rings (SSSR count). The van der Waals surface area contributed by atoms with Gasteiger partial charge in [0.15, 0.2) is 0 Å². The van der Waals surface area contributed by atoms with Crippen LogP contribution < -0.4 is 5.32 Å². The highest BCUT2D eigenvalue weighted by atomic mass is 19.1. The minimum absolute atomic E-state index is 0.0580. The van der Waals surface area contributed by atoms with Crippen LogP contribution in [0.5, 0.6) is 0 Å². The molecule has 1 aromatic carbocycles. The number of nitro benzene ring substituents is 1. The highest BCUT2D eigenvalue weighted by Crippen LogP contribution is 2.18. The van der Waals surface area contributed by atoms with Crippen molar-refractivity contribution in [3.05, 3.63) is 39.7 Å². The number of nitro groups is 1. The molecule has 1 amide bonds. The van der Waals surface area contributed by atoms with E-state index in [1.165, 1.54) is 6.07 Å². The summed E-state index contributed by atoms with van der Waals surface area (Å²) in [5.41, 5.74) is -0.840. The number of carbonyl (C=O) groups excluding carboxylic acids is 1. The Hall–Kier alpha value is -2.02. The Balaban J connectivity index is 2.79. The third-order valence-electron chi connectivity index (χ3n) is 3.30. The van der Waals surface area contributed by atoms with E-state index in [9.17, 15) is 19.3 Å². The highest BCUT2D eigenvalue weighted by molar-refractivity contribution is 5.94. The first-order valence-corrected chi connectivity index (χ1v) is 6.05. The number of nitrogens with one attached hydrogen (secondary N) is 1. The molecule has 0 heterocycles. The number of hydrogen-bond donors (Lipinski definition) is 1. The number of benzene rings is 1. The monoisotopic (exact) mass is 283 g/mol. The number of nitrogens with zero attached hydrogens (tertiary/aromatic N) is 2. The fourth-order valence-corrected chi connectivity index (χ4v) is 1.35. The van der Waals surface area contributed by atoms with Gasteiger partial charge >= 0.3 is 5.69 Å². The van der Waals surface area contributed by atoms with E-state index in [-0.39, 0.29) is 11.1 Å². The van der Waals surface area contributed by atoms with Crippen LogP contribution in [0.2, 0.25) is 0 Å². The van der Waals surface area contributed by atoms with Crippen molar-refractivity contribution >= 4 is 11.6 Å². The summed E-state index contributed by atoms with van der Waals surface area (Å²) < 4.78 is 13.4. The molecule has 0 aliphatic heterocycles. The molecule has 0 saturated heterocycles. The van der Waals surface area contributed by atoms with E-state index in [1.807, 2.05) is 32.8 Å². The topological polar surface area (TPSA) is 75.5 Å². The molecule has 0 aliphatic rings. The Labute approximate surface area is 116 Å². The zero-order chi connectivity index (χ0) is 15.5. The maximum Gasteiger partial charge on any atom is 0.304 e. The fourth-order valence-electron chi connectivity index (χ4n) is 1.35. The normalized spacial score (nSPS) is 11.5. The molecule has 0 aliphatic carbocycles. The Morgan fingerprint density at radius 2 is 2.05 bits per heavy atom. The van der Waals surface area contributed by atoms with Gasteiger partial charge in [0.25, 0.3) is 5.91 Å². The van der Waals surface area contributed by atoms with Crippen LogP contribution in [0.1, 0.15) is 24.2 Å². The van der Waals surface area contributed by atoms with E-state index >= 15 is 0 Å². The molecule has 6 nitrogen and oxygen atoms in total. The van der Waals surface area contributed by atoms with Gasteiger partial charge in [0.05, 0.1) is 4.92 Å². The zero-order valence-electron chi connectivity index (χ0n) is 11.9. The smallest absolute Gasteiger partial charge is 0.304 e. The molecule has 1 aromatic rings. The number of hydrogen-bond acceptors (Lipinski definition) is 4. The molecular formula is C13H18FN3O3. The van der Waals surface area contributed by atoms with Crippen LogP contribution in [-0.2, 0) is 0 Å². The largest absolute Gasteiger partial charge is 0.350 e. The Morgan fingerprint density at radius 3 is 2.50 bits per heavy atom. The van der Waals surface area contributed by atoms with Crippen molar-refractivity contribution in [2.24, 2.45) is 0 Å². The van der Waals surface area contributed by atoms with Gasteiger partial charge in [0.2, 0.25) is 5.82 Å². The van der Waals surface area contributed by atoms with E-state index in [0.29, 0.717) is 6.54 Å². The molecule has 20 heavy (non-hydrogen) atoms. The van der Waals surface area contributed by atoms with Crippen molar-refractivity contribution in [1.82, 2.24) is 10.2 Å². The number of carbonyl (C=O) groups is 1. The quantitative estimate of drug-likeness (QED) is 0.660. The Morgan fingerprint density at radius 1 is 1.45 bits per heavy atom. The van der Waals surface area contributed by atoms with Crippen molar-refractivity contribution < 1.29 is 14.1 Å². The van der Waals surface area contributed by atoms with Gasteiger partial charge in [-0.25, -0.2) is 0 Å². The van der Waals surface area contributed by atoms with Gasteiger partial charge in [0, 0.05) is 23.7 Å². The standard InChI is InChI=1S/C13H18FN3O3/c1-13(2,16(3)4)8-15-12(18)9-5-6-11(17(19)20)10(14)7-9/h5-7H,8H2,1-4H3,(H,15,18). The van der Waals surface area contributed by atoms with Gasteiger partial charge in [-0.15, -0.1) is 0 Å². The van der Waals surface area contributed by atoms with E-state index in [1.54, 1.807) is 0 Å². The lowest BCUT2D eigenvalue weighted by Gasteiger charge is -2.32. The lowest BCUT2D eigenvalue weighted by atomic mass is 10.0. The highest BCUT2D eigenvalue weighted by Gasteiger charge is 2.22. The van der Waals surface area contributed by atoms with Crippen LogP contribution in [0.3, 0.4) is 0 Å². The fraction of sp³-hybridized carbons (Fsp3) is 0.462. The first kappa shape index (κ1) is 16.0. The van der Waals surface area contributed by atoms with Crippen molar-refractivity contribution in [3.8, 4) is 0 Å². The number of likely N-dealkylation sites (N-methyl/N-ethyl adjacent to an activating group) is 1. The van der Waals surface area contributed by atoms with Crippen LogP contribution >= 0.6 is 0 Å². The molecule has 0 unspecified atom stereocenters. The lowest BCUT2D eigenvalue weighted by Crippen LogP contribution is -2.48. The molecule has 0 aromatic heterocycles. The van der Waals surface area contributed by atoms with Crippen LogP contribution in [0.4, 0.5) is 10.1 Å². The zero-order valence-corrected chi connectivity index (χ0v) is 11.9. The molecule has 7 heteroatoms. The first-order valence-electron chi connectivity index (χ1n) is 6.05. The summed E-state index contributed by atoms with van der Waals surface area (Å²) in [7, 11) is 3.77. The number of rotatable bonds is 5. The molecular weight excluding hydrogens is 265 g/mol. The SMILES string of the molecule is CN(C)C(C)(C)CNC(=O)c1ccc([N+](=O)[O-])c(F)c1. The van der Waals surface area contributed by atoms with Crippen LogP contribution in [0.15, 0.2) is 18.2 Å². The molecule has 110 valence electrons. The van der Waals surface area contributed by atoms with Gasteiger partial charge in [0.1, 0.15) is 0 Å². The van der Waals surface area contributed by atoms with E-state index in [2.05, 4.69) is 5.32 Å². The molecule has 1 N–H and O–H groups in total. The average molecular weight is 283 g/mol. The molecule has 0 saturated carbocycles. The van der Waals surface area contributed by atoms with Crippen LogP contribution in [-0.4, -0.2) is 41.9 Å². The van der Waals surface area contributed by atoms with Gasteiger partial charge in [-0.3, -0.25) is 14.9 Å². The van der Waals surface area contributed by atoms with Crippen LogP contribution in [0.25, 0.3) is 0 Å². The van der Waals surface area contributed by atoms with Crippen molar-refractivity contribution in [2.75, 3.05) is 20.6 Å². The summed E-state index contributed by atoms with van der Waals surface area (Å²) in [4.78, 5) is 23.5. The van der Waals surface area contributed by atoms with Crippen LogP contribution in [0, 0.1) is 15.9 Å². The second-order valence-corrected chi connectivity index (χ2v) is 5.31. The molecule has 0 radical (unpaired) electrons. The third kappa shape index (κ3) is 3.74. The minimum Gasteiger partial charge on any atom is -0.350 e. The predicted octanol–water partition coefficient (Wildman–Crippen LogP) is 1.80. The first-order chi connectivity index (χ1) is 9.15. The summed E-state index contributed by atoms with van der Waals surface area (Å²) in [5, 5.41) is 13.2. The maximum absolute atomic E-state index is 13.4. The molecule has 0 spiro atoms.